The van der Waals surface area contributed by atoms with Crippen LogP contribution >= 0.6 is 12.2 Å². The zero-order chi connectivity index (χ0) is 18.4. The van der Waals surface area contributed by atoms with Crippen LogP contribution in [0, 0.1) is 6.92 Å². The predicted octanol–water partition coefficient (Wildman–Crippen LogP) is 2.48. The van der Waals surface area contributed by atoms with Gasteiger partial charge in [0.25, 0.3) is 0 Å². The SMILES string of the molecule is Cc1cc(C=NNC(N)=S)ccc1N1CCN(Cc2ccccc2)CC1. The maximum Gasteiger partial charge on any atom is 0.184 e. The van der Waals surface area contributed by atoms with Gasteiger partial charge in [-0.05, 0) is 48.0 Å². The van der Waals surface area contributed by atoms with Crippen molar-refractivity contribution >= 4 is 29.2 Å². The lowest BCUT2D eigenvalue weighted by Gasteiger charge is -2.37. The average Bonchev–Trinajstić information content (AvgIpc) is 2.63. The van der Waals surface area contributed by atoms with Gasteiger partial charge in [0.05, 0.1) is 6.21 Å². The Balaban J connectivity index is 1.57. The molecular weight excluding hydrogens is 342 g/mol. The summed E-state index contributed by atoms with van der Waals surface area (Å²) in [5.41, 5.74) is 12.9. The minimum absolute atomic E-state index is 0.169. The molecule has 0 aliphatic carbocycles. The molecule has 1 aliphatic rings. The van der Waals surface area contributed by atoms with Crippen LogP contribution in [0.4, 0.5) is 5.69 Å². The molecule has 0 unspecified atom stereocenters. The molecule has 0 amide bonds. The Bertz CT molecular complexity index is 767. The Kier molecular flexibility index (Phi) is 6.20. The van der Waals surface area contributed by atoms with Crippen LogP contribution in [0.3, 0.4) is 0 Å². The van der Waals surface area contributed by atoms with Crippen molar-refractivity contribution in [2.24, 2.45) is 10.8 Å². The molecule has 0 spiro atoms. The van der Waals surface area contributed by atoms with Crippen molar-refractivity contribution in [1.82, 2.24) is 10.3 Å². The summed E-state index contributed by atoms with van der Waals surface area (Å²) in [6.07, 6.45) is 1.73. The van der Waals surface area contributed by atoms with Gasteiger partial charge in [-0.1, -0.05) is 36.4 Å². The van der Waals surface area contributed by atoms with Crippen LogP contribution in [0.25, 0.3) is 0 Å². The smallest absolute Gasteiger partial charge is 0.184 e. The van der Waals surface area contributed by atoms with Crippen molar-refractivity contribution in [3.05, 3.63) is 65.2 Å². The molecule has 3 rings (SSSR count). The molecule has 0 saturated carbocycles. The fourth-order valence-corrected chi connectivity index (χ4v) is 3.33. The highest BCUT2D eigenvalue weighted by atomic mass is 32.1. The first-order valence-corrected chi connectivity index (χ1v) is 9.23. The Hall–Kier alpha value is -2.44. The number of benzene rings is 2. The second kappa shape index (κ2) is 8.78. The van der Waals surface area contributed by atoms with E-state index in [0.717, 1.165) is 38.3 Å². The van der Waals surface area contributed by atoms with Crippen LogP contribution in [0.15, 0.2) is 53.6 Å². The first-order chi connectivity index (χ1) is 12.6. The average molecular weight is 368 g/mol. The van der Waals surface area contributed by atoms with Gasteiger partial charge < -0.3 is 10.6 Å². The number of hydrogen-bond donors (Lipinski definition) is 2. The van der Waals surface area contributed by atoms with Gasteiger partial charge in [0, 0.05) is 38.4 Å². The molecule has 1 saturated heterocycles. The molecule has 1 aliphatic heterocycles. The summed E-state index contributed by atoms with van der Waals surface area (Å²) in [5, 5.41) is 4.18. The number of nitrogens with two attached hydrogens (primary N) is 1. The molecule has 3 N–H and O–H groups in total. The quantitative estimate of drug-likeness (QED) is 0.483. The van der Waals surface area contributed by atoms with E-state index in [2.05, 4.69) is 75.8 Å². The standard InChI is InChI=1S/C20H25N5S/c1-16-13-18(14-22-23-20(21)26)7-8-19(16)25-11-9-24(10-12-25)15-17-5-3-2-4-6-17/h2-8,13-14H,9-12,15H2,1H3,(H3,21,23,26). The number of aryl methyl sites for hydroxylation is 1. The lowest BCUT2D eigenvalue weighted by atomic mass is 10.1. The molecule has 1 heterocycles. The van der Waals surface area contributed by atoms with Crippen molar-refractivity contribution in [2.75, 3.05) is 31.1 Å². The van der Waals surface area contributed by atoms with Crippen LogP contribution in [0.1, 0.15) is 16.7 Å². The summed E-state index contributed by atoms with van der Waals surface area (Å²) < 4.78 is 0. The van der Waals surface area contributed by atoms with Crippen molar-refractivity contribution < 1.29 is 0 Å². The summed E-state index contributed by atoms with van der Waals surface area (Å²) in [6.45, 7) is 7.42. The third-order valence-corrected chi connectivity index (χ3v) is 4.66. The third-order valence-electron chi connectivity index (χ3n) is 4.57. The number of hydrazone groups is 1. The van der Waals surface area contributed by atoms with Gasteiger partial charge in [0.1, 0.15) is 0 Å². The summed E-state index contributed by atoms with van der Waals surface area (Å²) >= 11 is 4.74. The normalized spacial score (nSPS) is 15.3. The maximum atomic E-state index is 5.36. The number of thiocarbonyl (C=S) groups is 1. The van der Waals surface area contributed by atoms with Gasteiger partial charge in [0.2, 0.25) is 0 Å². The Morgan fingerprint density at radius 2 is 1.88 bits per heavy atom. The molecule has 0 aromatic heterocycles. The molecule has 5 nitrogen and oxygen atoms in total. The molecule has 6 heteroatoms. The van der Waals surface area contributed by atoms with E-state index in [1.807, 2.05) is 0 Å². The Labute approximate surface area is 160 Å². The Morgan fingerprint density at radius 3 is 2.54 bits per heavy atom. The van der Waals surface area contributed by atoms with Gasteiger partial charge in [-0.25, -0.2) is 0 Å². The topological polar surface area (TPSA) is 56.9 Å². The van der Waals surface area contributed by atoms with E-state index in [-0.39, 0.29) is 5.11 Å². The summed E-state index contributed by atoms with van der Waals surface area (Å²) in [7, 11) is 0. The van der Waals surface area contributed by atoms with Crippen molar-refractivity contribution in [3.8, 4) is 0 Å². The Morgan fingerprint density at radius 1 is 1.15 bits per heavy atom. The second-order valence-corrected chi connectivity index (χ2v) is 6.97. The zero-order valence-electron chi connectivity index (χ0n) is 15.1. The molecule has 26 heavy (non-hydrogen) atoms. The largest absolute Gasteiger partial charge is 0.375 e. The van der Waals surface area contributed by atoms with Crippen LogP contribution in [-0.2, 0) is 6.54 Å². The fourth-order valence-electron chi connectivity index (χ4n) is 3.27. The van der Waals surface area contributed by atoms with E-state index in [9.17, 15) is 0 Å². The number of anilines is 1. The molecule has 0 bridgehead atoms. The van der Waals surface area contributed by atoms with Crippen molar-refractivity contribution in [1.29, 1.82) is 0 Å². The molecule has 2 aromatic carbocycles. The minimum Gasteiger partial charge on any atom is -0.375 e. The minimum atomic E-state index is 0.169. The van der Waals surface area contributed by atoms with Crippen LogP contribution in [-0.4, -0.2) is 42.4 Å². The monoisotopic (exact) mass is 367 g/mol. The lowest BCUT2D eigenvalue weighted by molar-refractivity contribution is 0.250. The van der Waals surface area contributed by atoms with E-state index in [1.165, 1.54) is 16.8 Å². The van der Waals surface area contributed by atoms with Crippen molar-refractivity contribution in [3.63, 3.8) is 0 Å². The summed E-state index contributed by atoms with van der Waals surface area (Å²) in [6, 6.07) is 17.1. The third kappa shape index (κ3) is 5.03. The van der Waals surface area contributed by atoms with Crippen LogP contribution in [0.5, 0.6) is 0 Å². The highest BCUT2D eigenvalue weighted by Gasteiger charge is 2.18. The van der Waals surface area contributed by atoms with E-state index in [4.69, 9.17) is 18.0 Å². The lowest BCUT2D eigenvalue weighted by Crippen LogP contribution is -2.46. The van der Waals surface area contributed by atoms with Crippen LogP contribution < -0.4 is 16.1 Å². The van der Waals surface area contributed by atoms with Gasteiger partial charge in [-0.2, -0.15) is 5.10 Å². The van der Waals surface area contributed by atoms with E-state index in [1.54, 1.807) is 6.21 Å². The molecule has 136 valence electrons. The number of hydrogen-bond acceptors (Lipinski definition) is 4. The highest BCUT2D eigenvalue weighted by molar-refractivity contribution is 7.80. The summed E-state index contributed by atoms with van der Waals surface area (Å²) in [5.74, 6) is 0. The maximum absolute atomic E-state index is 5.36. The van der Waals surface area contributed by atoms with Gasteiger partial charge >= 0.3 is 0 Å². The number of nitrogens with one attached hydrogen (secondary N) is 1. The highest BCUT2D eigenvalue weighted by Crippen LogP contribution is 2.22. The number of nitrogens with zero attached hydrogens (tertiary/aromatic N) is 3. The number of piperazine rings is 1. The van der Waals surface area contributed by atoms with E-state index >= 15 is 0 Å². The molecule has 0 atom stereocenters. The summed E-state index contributed by atoms with van der Waals surface area (Å²) in [4.78, 5) is 4.98. The molecule has 0 radical (unpaired) electrons. The van der Waals surface area contributed by atoms with Gasteiger partial charge in [-0.3, -0.25) is 10.3 Å². The van der Waals surface area contributed by atoms with E-state index in [0.29, 0.717) is 0 Å². The second-order valence-electron chi connectivity index (χ2n) is 6.53. The number of rotatable bonds is 5. The molecule has 1 fully saturated rings. The molecule has 2 aromatic rings. The first-order valence-electron chi connectivity index (χ1n) is 8.82. The van der Waals surface area contributed by atoms with Gasteiger partial charge in [-0.15, -0.1) is 0 Å². The van der Waals surface area contributed by atoms with E-state index < -0.39 is 0 Å². The fraction of sp³-hybridized carbons (Fsp3) is 0.300. The van der Waals surface area contributed by atoms with Crippen LogP contribution in [0.2, 0.25) is 0 Å². The zero-order valence-corrected chi connectivity index (χ0v) is 15.9. The molecular formula is C20H25N5S. The first kappa shape index (κ1) is 18.4. The van der Waals surface area contributed by atoms with Gasteiger partial charge in [0.15, 0.2) is 5.11 Å². The predicted molar refractivity (Wildman–Crippen MR) is 113 cm³/mol. The van der Waals surface area contributed by atoms with Crippen molar-refractivity contribution in [2.45, 2.75) is 13.5 Å².